The van der Waals surface area contributed by atoms with Crippen molar-refractivity contribution in [1.29, 1.82) is 0 Å². The van der Waals surface area contributed by atoms with Crippen LogP contribution in [-0.4, -0.2) is 24.0 Å². The van der Waals surface area contributed by atoms with Gasteiger partial charge in [0.1, 0.15) is 10.6 Å². The third-order valence-electron chi connectivity index (χ3n) is 2.63. The second-order valence-corrected chi connectivity index (χ2v) is 4.51. The summed E-state index contributed by atoms with van der Waals surface area (Å²) in [6.45, 7) is 3.16. The molecule has 2 unspecified atom stereocenters. The average Bonchev–Trinajstić information content (AvgIpc) is 2.73. The van der Waals surface area contributed by atoms with Crippen LogP contribution in [0.25, 0.3) is 0 Å². The molecule has 2 atom stereocenters. The van der Waals surface area contributed by atoms with Gasteiger partial charge in [0.25, 0.3) is 0 Å². The molecule has 0 aliphatic rings. The zero-order valence-corrected chi connectivity index (χ0v) is 10.2. The van der Waals surface area contributed by atoms with Crippen LogP contribution in [0.15, 0.2) is 11.4 Å². The molecule has 1 N–H and O–H groups in total. The number of carbonyl (C=O) groups excluding carboxylic acids is 1. The number of carbonyl (C=O) groups is 2. The van der Waals surface area contributed by atoms with Crippen molar-refractivity contribution < 1.29 is 19.4 Å². The fraction of sp³-hybridized carbons (Fsp3) is 0.455. The summed E-state index contributed by atoms with van der Waals surface area (Å²) in [6.07, 6.45) is 0. The molecular formula is C11H14O4S. The molecule has 0 saturated heterocycles. The smallest absolute Gasteiger partial charge is 0.306 e. The quantitative estimate of drug-likeness (QED) is 0.805. The zero-order valence-electron chi connectivity index (χ0n) is 9.39. The van der Waals surface area contributed by atoms with Gasteiger partial charge in [-0.3, -0.25) is 9.59 Å². The molecule has 0 bridgehead atoms. The Kier molecular flexibility index (Phi) is 4.06. The first-order valence-electron chi connectivity index (χ1n) is 4.87. The molecule has 1 aromatic rings. The summed E-state index contributed by atoms with van der Waals surface area (Å²) in [5.41, 5.74) is 0. The lowest BCUT2D eigenvalue weighted by Crippen LogP contribution is -2.25. The van der Waals surface area contributed by atoms with E-state index in [0.717, 1.165) is 0 Å². The van der Waals surface area contributed by atoms with E-state index in [2.05, 4.69) is 0 Å². The van der Waals surface area contributed by atoms with E-state index in [9.17, 15) is 9.59 Å². The van der Waals surface area contributed by atoms with Crippen LogP contribution < -0.4 is 4.74 Å². The van der Waals surface area contributed by atoms with E-state index in [1.165, 1.54) is 25.4 Å². The Morgan fingerprint density at radius 2 is 2.00 bits per heavy atom. The highest BCUT2D eigenvalue weighted by molar-refractivity contribution is 7.12. The second kappa shape index (κ2) is 5.12. The molecule has 0 spiro atoms. The van der Waals surface area contributed by atoms with Crippen LogP contribution in [0, 0.1) is 11.8 Å². The molecule has 0 saturated carbocycles. The summed E-state index contributed by atoms with van der Waals surface area (Å²) in [4.78, 5) is 23.3. The minimum absolute atomic E-state index is 0.179. The monoisotopic (exact) mass is 242 g/mol. The second-order valence-electron chi connectivity index (χ2n) is 3.60. The molecule has 4 nitrogen and oxygen atoms in total. The molecule has 0 amide bonds. The van der Waals surface area contributed by atoms with Gasteiger partial charge in [-0.15, -0.1) is 11.3 Å². The molecular weight excluding hydrogens is 228 g/mol. The Bertz CT molecular complexity index is 396. The average molecular weight is 242 g/mol. The number of thiophene rings is 1. The van der Waals surface area contributed by atoms with Gasteiger partial charge in [-0.05, 0) is 11.4 Å². The van der Waals surface area contributed by atoms with Crippen LogP contribution in [0.5, 0.6) is 5.75 Å². The van der Waals surface area contributed by atoms with Gasteiger partial charge in [-0.25, -0.2) is 0 Å². The Morgan fingerprint density at radius 1 is 1.38 bits per heavy atom. The molecule has 5 heteroatoms. The molecule has 0 radical (unpaired) electrons. The van der Waals surface area contributed by atoms with Crippen molar-refractivity contribution in [3.63, 3.8) is 0 Å². The van der Waals surface area contributed by atoms with Gasteiger partial charge in [0.15, 0.2) is 5.78 Å². The van der Waals surface area contributed by atoms with E-state index in [-0.39, 0.29) is 5.78 Å². The Hall–Kier alpha value is -1.36. The number of rotatable bonds is 5. The van der Waals surface area contributed by atoms with Crippen molar-refractivity contribution >= 4 is 23.1 Å². The molecule has 0 aliphatic heterocycles. The number of aliphatic carboxylic acids is 1. The van der Waals surface area contributed by atoms with Gasteiger partial charge in [-0.1, -0.05) is 13.8 Å². The van der Waals surface area contributed by atoms with Gasteiger partial charge in [0.2, 0.25) is 0 Å². The molecule has 0 fully saturated rings. The van der Waals surface area contributed by atoms with Crippen molar-refractivity contribution in [2.75, 3.05) is 7.11 Å². The molecule has 1 heterocycles. The third kappa shape index (κ3) is 2.41. The first kappa shape index (κ1) is 12.7. The number of carboxylic acid groups (broad SMARTS) is 1. The van der Waals surface area contributed by atoms with Crippen molar-refractivity contribution in [2.45, 2.75) is 13.8 Å². The van der Waals surface area contributed by atoms with Crippen molar-refractivity contribution in [2.24, 2.45) is 11.8 Å². The maximum Gasteiger partial charge on any atom is 0.306 e. The summed E-state index contributed by atoms with van der Waals surface area (Å²) < 4.78 is 5.04. The number of ketones is 1. The normalized spacial score (nSPS) is 14.2. The van der Waals surface area contributed by atoms with E-state index in [1.54, 1.807) is 18.4 Å². The first-order valence-corrected chi connectivity index (χ1v) is 5.75. The van der Waals surface area contributed by atoms with E-state index >= 15 is 0 Å². The summed E-state index contributed by atoms with van der Waals surface area (Å²) in [7, 11) is 1.49. The van der Waals surface area contributed by atoms with E-state index < -0.39 is 17.8 Å². The molecule has 0 aliphatic carbocycles. The van der Waals surface area contributed by atoms with Gasteiger partial charge < -0.3 is 9.84 Å². The predicted molar refractivity (Wildman–Crippen MR) is 61.2 cm³/mol. The highest BCUT2D eigenvalue weighted by Gasteiger charge is 2.28. The zero-order chi connectivity index (χ0) is 12.3. The van der Waals surface area contributed by atoms with Crippen molar-refractivity contribution in [3.05, 3.63) is 16.3 Å². The summed E-state index contributed by atoms with van der Waals surface area (Å²) >= 11 is 1.27. The number of hydrogen-bond donors (Lipinski definition) is 1. The highest BCUT2D eigenvalue weighted by atomic mass is 32.1. The number of carboxylic acids is 1. The minimum atomic E-state index is -0.962. The molecule has 88 valence electrons. The Labute approximate surface area is 97.9 Å². The number of Topliss-reactive ketones (excluding diaryl/α,β-unsaturated/α-hetero) is 1. The van der Waals surface area contributed by atoms with Crippen LogP contribution in [0.1, 0.15) is 23.5 Å². The molecule has 0 aromatic carbocycles. The SMILES string of the molecule is COc1ccsc1C(=O)C(C)C(C)C(=O)O. The van der Waals surface area contributed by atoms with E-state index in [4.69, 9.17) is 9.84 Å². The van der Waals surface area contributed by atoms with Crippen molar-refractivity contribution in [1.82, 2.24) is 0 Å². The lowest BCUT2D eigenvalue weighted by atomic mass is 9.91. The van der Waals surface area contributed by atoms with Crippen LogP contribution in [0.2, 0.25) is 0 Å². The van der Waals surface area contributed by atoms with Crippen molar-refractivity contribution in [3.8, 4) is 5.75 Å². The lowest BCUT2D eigenvalue weighted by molar-refractivity contribution is -0.142. The highest BCUT2D eigenvalue weighted by Crippen LogP contribution is 2.29. The standard InChI is InChI=1S/C11H14O4S/c1-6(7(2)11(13)14)9(12)10-8(15-3)4-5-16-10/h4-7H,1-3H3,(H,13,14). The van der Waals surface area contributed by atoms with E-state index in [1.807, 2.05) is 0 Å². The summed E-state index contributed by atoms with van der Waals surface area (Å²) in [5, 5.41) is 10.6. The lowest BCUT2D eigenvalue weighted by Gasteiger charge is -2.14. The van der Waals surface area contributed by atoms with Crippen LogP contribution in [-0.2, 0) is 4.79 Å². The first-order chi connectivity index (χ1) is 7.49. The summed E-state index contributed by atoms with van der Waals surface area (Å²) in [5.74, 6) is -1.87. The Balaban J connectivity index is 2.90. The van der Waals surface area contributed by atoms with Gasteiger partial charge in [-0.2, -0.15) is 0 Å². The topological polar surface area (TPSA) is 63.6 Å². The Morgan fingerprint density at radius 3 is 2.50 bits per heavy atom. The fourth-order valence-electron chi connectivity index (χ4n) is 1.29. The molecule has 1 aromatic heterocycles. The fourth-order valence-corrected chi connectivity index (χ4v) is 2.18. The summed E-state index contributed by atoms with van der Waals surface area (Å²) in [6, 6.07) is 1.70. The van der Waals surface area contributed by atoms with Gasteiger partial charge in [0.05, 0.1) is 13.0 Å². The molecule has 1 rings (SSSR count). The largest absolute Gasteiger partial charge is 0.495 e. The van der Waals surface area contributed by atoms with E-state index in [0.29, 0.717) is 10.6 Å². The molecule has 16 heavy (non-hydrogen) atoms. The maximum atomic E-state index is 12.0. The number of hydrogen-bond acceptors (Lipinski definition) is 4. The van der Waals surface area contributed by atoms with Crippen LogP contribution in [0.4, 0.5) is 0 Å². The minimum Gasteiger partial charge on any atom is -0.495 e. The van der Waals surface area contributed by atoms with Crippen LogP contribution in [0.3, 0.4) is 0 Å². The number of methoxy groups -OCH3 is 1. The maximum absolute atomic E-state index is 12.0. The van der Waals surface area contributed by atoms with Crippen LogP contribution >= 0.6 is 11.3 Å². The van der Waals surface area contributed by atoms with Gasteiger partial charge in [0, 0.05) is 5.92 Å². The predicted octanol–water partition coefficient (Wildman–Crippen LogP) is 2.30. The third-order valence-corrected chi connectivity index (χ3v) is 3.54. The van der Waals surface area contributed by atoms with Gasteiger partial charge >= 0.3 is 5.97 Å². The number of ether oxygens (including phenoxy) is 1.